The third-order valence-corrected chi connectivity index (χ3v) is 3.97. The van der Waals surface area contributed by atoms with E-state index >= 15 is 0 Å². The second kappa shape index (κ2) is 6.34. The fraction of sp³-hybridized carbons (Fsp3) is 0.222. The Morgan fingerprint density at radius 1 is 1.09 bits per heavy atom. The van der Waals surface area contributed by atoms with Gasteiger partial charge in [0.2, 0.25) is 0 Å². The fourth-order valence-electron chi connectivity index (χ4n) is 2.65. The van der Waals surface area contributed by atoms with Gasteiger partial charge in [-0.05, 0) is 30.2 Å². The van der Waals surface area contributed by atoms with E-state index in [0.29, 0.717) is 33.9 Å². The number of nitrogens with zero attached hydrogens (tertiary/aromatic N) is 2. The van der Waals surface area contributed by atoms with Gasteiger partial charge in [-0.2, -0.15) is 0 Å². The molecule has 0 aliphatic carbocycles. The minimum atomic E-state index is -0.0870. The van der Waals surface area contributed by atoms with Crippen LogP contribution >= 0.6 is 23.2 Å². The van der Waals surface area contributed by atoms with E-state index in [1.54, 1.807) is 23.1 Å². The molecule has 2 aromatic carbocycles. The minimum Gasteiger partial charge on any atom is -0.306 e. The van der Waals surface area contributed by atoms with E-state index < -0.39 is 0 Å². The van der Waals surface area contributed by atoms with Gasteiger partial charge in [0.05, 0.1) is 11.4 Å². The summed E-state index contributed by atoms with van der Waals surface area (Å²) in [7, 11) is 0. The summed E-state index contributed by atoms with van der Waals surface area (Å²) in [6.45, 7) is 4.83. The highest BCUT2D eigenvalue weighted by molar-refractivity contribution is 6.54. The van der Waals surface area contributed by atoms with Crippen molar-refractivity contribution in [3.05, 3.63) is 58.1 Å². The molecule has 3 nitrogen and oxygen atoms in total. The van der Waals surface area contributed by atoms with Crippen LogP contribution in [0.5, 0.6) is 0 Å². The fourth-order valence-corrected chi connectivity index (χ4v) is 3.16. The Bertz CT molecular complexity index is 779. The Balaban J connectivity index is 2.09. The van der Waals surface area contributed by atoms with E-state index in [0.717, 1.165) is 11.3 Å². The maximum Gasteiger partial charge on any atom is 0.277 e. The number of fused-ring (bicyclic) bond motifs is 1. The molecule has 0 spiro atoms. The lowest BCUT2D eigenvalue weighted by molar-refractivity contribution is -0.112. The van der Waals surface area contributed by atoms with Crippen molar-refractivity contribution in [1.82, 2.24) is 0 Å². The van der Waals surface area contributed by atoms with E-state index in [9.17, 15) is 4.79 Å². The van der Waals surface area contributed by atoms with Crippen LogP contribution in [0.15, 0.2) is 47.5 Å². The van der Waals surface area contributed by atoms with E-state index in [1.165, 1.54) is 0 Å². The first kappa shape index (κ1) is 16.0. The molecule has 0 saturated heterocycles. The first-order valence-electron chi connectivity index (χ1n) is 7.42. The summed E-state index contributed by atoms with van der Waals surface area (Å²) >= 11 is 12.0. The largest absolute Gasteiger partial charge is 0.306 e. The smallest absolute Gasteiger partial charge is 0.277 e. The molecule has 1 aliphatic rings. The number of hydrogen-bond acceptors (Lipinski definition) is 2. The topological polar surface area (TPSA) is 32.7 Å². The SMILES string of the molecule is CC(C)CN1C(=O)C(=Nc2cc(Cl)cc(Cl)c2)c2ccccc21. The minimum absolute atomic E-state index is 0.0870. The number of para-hydroxylation sites is 1. The number of amides is 1. The quantitative estimate of drug-likeness (QED) is 0.759. The van der Waals surface area contributed by atoms with Crippen molar-refractivity contribution < 1.29 is 4.79 Å². The molecular formula is C18H16Cl2N2O. The van der Waals surface area contributed by atoms with Crippen molar-refractivity contribution in [2.75, 3.05) is 11.4 Å². The number of anilines is 1. The van der Waals surface area contributed by atoms with Crippen LogP contribution in [0.4, 0.5) is 11.4 Å². The average molecular weight is 347 g/mol. The van der Waals surface area contributed by atoms with Crippen molar-refractivity contribution in [3.63, 3.8) is 0 Å². The molecule has 118 valence electrons. The zero-order chi connectivity index (χ0) is 16.6. The monoisotopic (exact) mass is 346 g/mol. The first-order valence-corrected chi connectivity index (χ1v) is 8.17. The van der Waals surface area contributed by atoms with Crippen LogP contribution < -0.4 is 4.90 Å². The second-order valence-electron chi connectivity index (χ2n) is 5.91. The average Bonchev–Trinajstić information content (AvgIpc) is 2.72. The molecule has 0 saturated carbocycles. The molecule has 0 bridgehead atoms. The third kappa shape index (κ3) is 3.26. The Kier molecular flexibility index (Phi) is 4.42. The normalized spacial score (nSPS) is 15.6. The van der Waals surface area contributed by atoms with Gasteiger partial charge in [-0.25, -0.2) is 4.99 Å². The highest BCUT2D eigenvalue weighted by Crippen LogP contribution is 2.32. The number of benzene rings is 2. The van der Waals surface area contributed by atoms with Gasteiger partial charge in [-0.15, -0.1) is 0 Å². The van der Waals surface area contributed by atoms with E-state index in [1.807, 2.05) is 24.3 Å². The Morgan fingerprint density at radius 3 is 2.39 bits per heavy atom. The van der Waals surface area contributed by atoms with Gasteiger partial charge < -0.3 is 4.90 Å². The van der Waals surface area contributed by atoms with Gasteiger partial charge in [-0.3, -0.25) is 4.79 Å². The zero-order valence-electron chi connectivity index (χ0n) is 12.9. The van der Waals surface area contributed by atoms with Gasteiger partial charge in [0.1, 0.15) is 5.71 Å². The number of carbonyl (C=O) groups is 1. The summed E-state index contributed by atoms with van der Waals surface area (Å²) in [5.41, 5.74) is 2.75. The molecule has 0 unspecified atom stereocenters. The predicted octanol–water partition coefficient (Wildman–Crippen LogP) is 5.12. The molecule has 2 aromatic rings. The molecular weight excluding hydrogens is 331 g/mol. The third-order valence-electron chi connectivity index (χ3n) is 3.53. The number of carbonyl (C=O) groups excluding carboxylic acids is 1. The summed E-state index contributed by atoms with van der Waals surface area (Å²) in [4.78, 5) is 19.1. The number of halogens is 2. The van der Waals surface area contributed by atoms with Crippen LogP contribution in [0.1, 0.15) is 19.4 Å². The molecule has 23 heavy (non-hydrogen) atoms. The van der Waals surface area contributed by atoms with Gasteiger partial charge in [-0.1, -0.05) is 55.2 Å². The first-order chi connectivity index (χ1) is 11.0. The van der Waals surface area contributed by atoms with Gasteiger partial charge >= 0.3 is 0 Å². The molecule has 1 amide bonds. The van der Waals surface area contributed by atoms with Gasteiger partial charge in [0.25, 0.3) is 5.91 Å². The predicted molar refractivity (Wildman–Crippen MR) is 96.3 cm³/mol. The number of rotatable bonds is 3. The van der Waals surface area contributed by atoms with Crippen LogP contribution in [-0.4, -0.2) is 18.2 Å². The summed E-state index contributed by atoms with van der Waals surface area (Å²) in [5.74, 6) is 0.281. The Morgan fingerprint density at radius 2 is 1.74 bits per heavy atom. The van der Waals surface area contributed by atoms with Crippen LogP contribution in [-0.2, 0) is 4.79 Å². The van der Waals surface area contributed by atoms with Crippen LogP contribution in [0, 0.1) is 5.92 Å². The molecule has 0 fully saturated rings. The standard InChI is InChI=1S/C18H16Cl2N2O/c1-11(2)10-22-16-6-4-3-5-15(16)17(18(22)23)21-14-8-12(19)7-13(20)9-14/h3-9,11H,10H2,1-2H3. The van der Waals surface area contributed by atoms with Crippen molar-refractivity contribution in [2.24, 2.45) is 10.9 Å². The lowest BCUT2D eigenvalue weighted by atomic mass is 10.1. The van der Waals surface area contributed by atoms with E-state index in [-0.39, 0.29) is 5.91 Å². The van der Waals surface area contributed by atoms with Crippen molar-refractivity contribution in [2.45, 2.75) is 13.8 Å². The maximum atomic E-state index is 12.8. The van der Waals surface area contributed by atoms with Crippen LogP contribution in [0.3, 0.4) is 0 Å². The van der Waals surface area contributed by atoms with Crippen molar-refractivity contribution in [1.29, 1.82) is 0 Å². The van der Waals surface area contributed by atoms with Crippen molar-refractivity contribution >= 4 is 46.2 Å². The molecule has 0 N–H and O–H groups in total. The van der Waals surface area contributed by atoms with Crippen molar-refractivity contribution in [3.8, 4) is 0 Å². The Hall–Kier alpha value is -1.84. The molecule has 0 atom stereocenters. The van der Waals surface area contributed by atoms with Gasteiger partial charge in [0.15, 0.2) is 0 Å². The number of hydrogen-bond donors (Lipinski definition) is 0. The summed E-state index contributed by atoms with van der Waals surface area (Å²) in [5, 5.41) is 0.990. The number of aliphatic imine (C=N–C) groups is 1. The van der Waals surface area contributed by atoms with Gasteiger partial charge in [0, 0.05) is 22.2 Å². The molecule has 3 rings (SSSR count). The summed E-state index contributed by atoms with van der Waals surface area (Å²) < 4.78 is 0. The lowest BCUT2D eigenvalue weighted by Gasteiger charge is -2.18. The van der Waals surface area contributed by atoms with Crippen LogP contribution in [0.25, 0.3) is 0 Å². The van der Waals surface area contributed by atoms with E-state index in [4.69, 9.17) is 23.2 Å². The molecule has 1 heterocycles. The molecule has 1 aliphatic heterocycles. The summed E-state index contributed by atoms with van der Waals surface area (Å²) in [6, 6.07) is 12.7. The van der Waals surface area contributed by atoms with Crippen LogP contribution in [0.2, 0.25) is 10.0 Å². The van der Waals surface area contributed by atoms with E-state index in [2.05, 4.69) is 18.8 Å². The lowest BCUT2D eigenvalue weighted by Crippen LogP contribution is -2.33. The summed E-state index contributed by atoms with van der Waals surface area (Å²) in [6.07, 6.45) is 0. The highest BCUT2D eigenvalue weighted by atomic mass is 35.5. The molecule has 0 aromatic heterocycles. The Labute approximate surface area is 145 Å². The molecule has 5 heteroatoms. The maximum absolute atomic E-state index is 12.8. The second-order valence-corrected chi connectivity index (χ2v) is 6.79. The zero-order valence-corrected chi connectivity index (χ0v) is 14.4. The molecule has 0 radical (unpaired) electrons. The highest BCUT2D eigenvalue weighted by Gasteiger charge is 2.33.